The summed E-state index contributed by atoms with van der Waals surface area (Å²) in [6.07, 6.45) is 4.44. The van der Waals surface area contributed by atoms with Crippen LogP contribution in [0.4, 0.5) is 8.78 Å². The zero-order valence-corrected chi connectivity index (χ0v) is 13.2. The maximum absolute atomic E-state index is 14.2. The van der Waals surface area contributed by atoms with Gasteiger partial charge in [-0.05, 0) is 35.4 Å². The van der Waals surface area contributed by atoms with Crippen LogP contribution in [0.15, 0.2) is 67.1 Å². The van der Waals surface area contributed by atoms with Crippen LogP contribution in [0, 0.1) is 5.82 Å². The van der Waals surface area contributed by atoms with E-state index < -0.39 is 24.4 Å². The van der Waals surface area contributed by atoms with Gasteiger partial charge in [-0.2, -0.15) is 0 Å². The van der Waals surface area contributed by atoms with Gasteiger partial charge in [-0.25, -0.2) is 8.78 Å². The molecule has 3 rings (SSSR count). The van der Waals surface area contributed by atoms with Gasteiger partial charge in [0.15, 0.2) is 0 Å². The largest absolute Gasteiger partial charge is 0.339 e. The minimum atomic E-state index is -0.803. The number of hydrogen-bond acceptors (Lipinski definition) is 3. The Morgan fingerprint density at radius 3 is 2.48 bits per heavy atom. The highest BCUT2D eigenvalue weighted by atomic mass is 19.1. The molecule has 0 unspecified atom stereocenters. The minimum absolute atomic E-state index is 0.0905. The van der Waals surface area contributed by atoms with E-state index >= 15 is 0 Å². The molecular formula is C19H15F2N3O. The van der Waals surface area contributed by atoms with E-state index in [-0.39, 0.29) is 5.69 Å². The standard InChI is InChI=1S/C19H15F2N3O/c20-11-13-5-7-14(8-6-13)17(18-16(21)4-2-10-23-18)24-19(25)15-3-1-9-22-12-15/h1-10,12,17H,11H2,(H,24,25)/t17-/m0/s1. The van der Waals surface area contributed by atoms with Crippen LogP contribution >= 0.6 is 0 Å². The van der Waals surface area contributed by atoms with Crippen LogP contribution in [-0.4, -0.2) is 15.9 Å². The third kappa shape index (κ3) is 3.85. The number of nitrogens with one attached hydrogen (secondary N) is 1. The van der Waals surface area contributed by atoms with E-state index in [9.17, 15) is 13.6 Å². The third-order valence-electron chi connectivity index (χ3n) is 3.73. The first-order valence-electron chi connectivity index (χ1n) is 7.65. The Balaban J connectivity index is 1.97. The van der Waals surface area contributed by atoms with Gasteiger partial charge in [-0.3, -0.25) is 14.8 Å². The van der Waals surface area contributed by atoms with Crippen molar-refractivity contribution in [1.82, 2.24) is 15.3 Å². The Morgan fingerprint density at radius 1 is 1.08 bits per heavy atom. The predicted molar refractivity (Wildman–Crippen MR) is 89.0 cm³/mol. The van der Waals surface area contributed by atoms with Crippen molar-refractivity contribution in [3.05, 3.63) is 95.3 Å². The van der Waals surface area contributed by atoms with Gasteiger partial charge in [-0.1, -0.05) is 24.3 Å². The maximum Gasteiger partial charge on any atom is 0.253 e. The summed E-state index contributed by atoms with van der Waals surface area (Å²) in [5, 5.41) is 2.77. The molecule has 3 aromatic rings. The van der Waals surface area contributed by atoms with Crippen molar-refractivity contribution < 1.29 is 13.6 Å². The number of nitrogens with zero attached hydrogens (tertiary/aromatic N) is 2. The highest BCUT2D eigenvalue weighted by molar-refractivity contribution is 5.94. The number of benzene rings is 1. The molecule has 0 aliphatic carbocycles. The Morgan fingerprint density at radius 2 is 1.84 bits per heavy atom. The zero-order chi connectivity index (χ0) is 17.6. The number of carbonyl (C=O) groups excluding carboxylic acids is 1. The van der Waals surface area contributed by atoms with Crippen LogP contribution in [0.5, 0.6) is 0 Å². The SMILES string of the molecule is O=C(N[C@@H](c1ccc(CF)cc1)c1ncccc1F)c1cccnc1. The lowest BCUT2D eigenvalue weighted by atomic mass is 10.0. The van der Waals surface area contributed by atoms with Crippen molar-refractivity contribution in [3.8, 4) is 0 Å². The summed E-state index contributed by atoms with van der Waals surface area (Å²) in [7, 11) is 0. The summed E-state index contributed by atoms with van der Waals surface area (Å²) in [6.45, 7) is -0.592. The van der Waals surface area contributed by atoms with Crippen molar-refractivity contribution in [2.24, 2.45) is 0 Å². The number of halogens is 2. The van der Waals surface area contributed by atoms with Crippen LogP contribution in [0.2, 0.25) is 0 Å². The molecule has 25 heavy (non-hydrogen) atoms. The zero-order valence-electron chi connectivity index (χ0n) is 13.2. The highest BCUT2D eigenvalue weighted by Crippen LogP contribution is 2.24. The fraction of sp³-hybridized carbons (Fsp3) is 0.105. The number of rotatable bonds is 5. The lowest BCUT2D eigenvalue weighted by molar-refractivity contribution is 0.0941. The summed E-state index contributed by atoms with van der Waals surface area (Å²) >= 11 is 0. The first-order valence-corrected chi connectivity index (χ1v) is 7.65. The van der Waals surface area contributed by atoms with Gasteiger partial charge >= 0.3 is 0 Å². The van der Waals surface area contributed by atoms with Crippen molar-refractivity contribution in [3.63, 3.8) is 0 Å². The molecule has 0 aliphatic rings. The topological polar surface area (TPSA) is 54.9 Å². The van der Waals surface area contributed by atoms with Crippen molar-refractivity contribution >= 4 is 5.91 Å². The molecule has 4 nitrogen and oxygen atoms in total. The molecule has 126 valence electrons. The van der Waals surface area contributed by atoms with Gasteiger partial charge < -0.3 is 5.32 Å². The third-order valence-corrected chi connectivity index (χ3v) is 3.73. The molecule has 1 N–H and O–H groups in total. The highest BCUT2D eigenvalue weighted by Gasteiger charge is 2.22. The minimum Gasteiger partial charge on any atom is -0.339 e. The molecule has 0 radical (unpaired) electrons. The van der Waals surface area contributed by atoms with E-state index in [1.807, 2.05) is 0 Å². The second-order valence-corrected chi connectivity index (χ2v) is 5.39. The van der Waals surface area contributed by atoms with Gasteiger partial charge in [0.2, 0.25) is 0 Å². The van der Waals surface area contributed by atoms with E-state index in [4.69, 9.17) is 0 Å². The number of carbonyl (C=O) groups is 1. The molecule has 0 saturated carbocycles. The number of amides is 1. The van der Waals surface area contributed by atoms with E-state index in [0.717, 1.165) is 0 Å². The van der Waals surface area contributed by atoms with E-state index in [1.54, 1.807) is 42.6 Å². The first kappa shape index (κ1) is 16.7. The van der Waals surface area contributed by atoms with Gasteiger partial charge in [0.1, 0.15) is 18.2 Å². The molecule has 0 aliphatic heterocycles. The van der Waals surface area contributed by atoms with E-state index in [1.165, 1.54) is 24.5 Å². The lowest BCUT2D eigenvalue weighted by Gasteiger charge is -2.19. The average Bonchev–Trinajstić information content (AvgIpc) is 2.67. The van der Waals surface area contributed by atoms with Gasteiger partial charge in [0.25, 0.3) is 5.91 Å². The Labute approximate surface area is 143 Å². The monoisotopic (exact) mass is 339 g/mol. The van der Waals surface area contributed by atoms with Gasteiger partial charge in [0.05, 0.1) is 11.6 Å². The number of hydrogen-bond donors (Lipinski definition) is 1. The van der Waals surface area contributed by atoms with Crippen molar-refractivity contribution in [2.75, 3.05) is 0 Å². The molecule has 1 aromatic carbocycles. The summed E-state index contributed by atoms with van der Waals surface area (Å²) in [5.74, 6) is -0.939. The molecule has 6 heteroatoms. The fourth-order valence-corrected chi connectivity index (χ4v) is 2.43. The molecule has 2 heterocycles. The lowest BCUT2D eigenvalue weighted by Crippen LogP contribution is -2.30. The predicted octanol–water partition coefficient (Wildman–Crippen LogP) is 3.60. The van der Waals surface area contributed by atoms with Crippen molar-refractivity contribution in [2.45, 2.75) is 12.7 Å². The molecule has 1 amide bonds. The van der Waals surface area contributed by atoms with Crippen LogP contribution in [0.25, 0.3) is 0 Å². The molecule has 2 aromatic heterocycles. The summed E-state index contributed by atoms with van der Waals surface area (Å²) in [6, 6.07) is 11.7. The molecular weight excluding hydrogens is 324 g/mol. The van der Waals surface area contributed by atoms with Crippen molar-refractivity contribution in [1.29, 1.82) is 0 Å². The molecule has 0 saturated heterocycles. The van der Waals surface area contributed by atoms with Gasteiger partial charge in [-0.15, -0.1) is 0 Å². The molecule has 1 atom stereocenters. The Kier molecular flexibility index (Phi) is 5.09. The first-order chi connectivity index (χ1) is 12.2. The van der Waals surface area contributed by atoms with Gasteiger partial charge in [0, 0.05) is 18.6 Å². The van der Waals surface area contributed by atoms with Crippen LogP contribution in [-0.2, 0) is 6.67 Å². The second-order valence-electron chi connectivity index (χ2n) is 5.39. The average molecular weight is 339 g/mol. The fourth-order valence-electron chi connectivity index (χ4n) is 2.43. The summed E-state index contributed by atoms with van der Waals surface area (Å²) in [5.41, 5.74) is 1.55. The quantitative estimate of drug-likeness (QED) is 0.773. The summed E-state index contributed by atoms with van der Waals surface area (Å²) in [4.78, 5) is 20.4. The smallest absolute Gasteiger partial charge is 0.253 e. The second kappa shape index (κ2) is 7.61. The van der Waals surface area contributed by atoms with E-state index in [0.29, 0.717) is 16.7 Å². The molecule has 0 fully saturated rings. The maximum atomic E-state index is 14.2. The Hall–Kier alpha value is -3.15. The van der Waals surface area contributed by atoms with Crippen LogP contribution < -0.4 is 5.32 Å². The summed E-state index contributed by atoms with van der Waals surface area (Å²) < 4.78 is 27.0. The Bertz CT molecular complexity index is 854. The molecule has 0 bridgehead atoms. The van der Waals surface area contributed by atoms with Crippen LogP contribution in [0.1, 0.15) is 33.2 Å². The normalized spacial score (nSPS) is 11.8. The van der Waals surface area contributed by atoms with E-state index in [2.05, 4.69) is 15.3 Å². The number of pyridine rings is 2. The van der Waals surface area contributed by atoms with Crippen LogP contribution in [0.3, 0.4) is 0 Å². The number of alkyl halides is 1. The molecule has 0 spiro atoms. The number of aromatic nitrogens is 2.